The molecule has 3 atom stereocenters. The van der Waals surface area contributed by atoms with Gasteiger partial charge in [-0.25, -0.2) is 4.79 Å². The van der Waals surface area contributed by atoms with E-state index >= 15 is 0 Å². The van der Waals surface area contributed by atoms with E-state index in [0.29, 0.717) is 5.03 Å². The Hall–Kier alpha value is -2.29. The average molecular weight is 458 g/mol. The molecule has 2 rings (SSSR count). The van der Waals surface area contributed by atoms with Crippen LogP contribution in [-0.2, 0) is 22.7 Å². The van der Waals surface area contributed by atoms with Crippen LogP contribution < -0.4 is 11.0 Å². The number of carboxylic acids is 2. The minimum atomic E-state index is -1.23. The second kappa shape index (κ2) is 10.7. The number of aromatic nitrogens is 2. The second-order valence-corrected chi connectivity index (χ2v) is 8.45. The second-order valence-electron chi connectivity index (χ2n) is 7.51. The summed E-state index contributed by atoms with van der Waals surface area (Å²) >= 11 is 12.1. The first-order chi connectivity index (χ1) is 14.1. The number of rotatable bonds is 10. The molecule has 10 heteroatoms. The number of allylic oxidation sites excluding steroid dienone is 6. The molecule has 0 fully saturated rings. The number of nitrogens with zero attached hydrogens (tertiary/aromatic N) is 2. The Kier molecular flexibility index (Phi) is 8.52. The molecular weight excluding hydrogens is 433 g/mol. The third kappa shape index (κ3) is 6.90. The fraction of sp³-hybridized carbons (Fsp3) is 0.450. The molecule has 3 N–H and O–H groups in total. The van der Waals surface area contributed by atoms with Gasteiger partial charge in [0.25, 0.3) is 0 Å². The third-order valence-corrected chi connectivity index (χ3v) is 5.00. The monoisotopic (exact) mass is 457 g/mol. The SMILES string of the molecule is CC(C)C[C@H](N[C@@H](Cn1ccn(CC2=CC(Cl)=CC(Cl)C=C2)c1=O)C(=O)O)C(=O)O. The molecule has 1 aliphatic carbocycles. The van der Waals surface area contributed by atoms with E-state index < -0.39 is 29.7 Å². The summed E-state index contributed by atoms with van der Waals surface area (Å²) in [6, 6.07) is -2.26. The van der Waals surface area contributed by atoms with Crippen LogP contribution in [0.5, 0.6) is 0 Å². The van der Waals surface area contributed by atoms with E-state index in [0.717, 1.165) is 5.57 Å². The predicted molar refractivity (Wildman–Crippen MR) is 115 cm³/mol. The minimum absolute atomic E-state index is 0.0613. The maximum Gasteiger partial charge on any atom is 0.328 e. The van der Waals surface area contributed by atoms with Gasteiger partial charge in [-0.3, -0.25) is 24.0 Å². The zero-order valence-electron chi connectivity index (χ0n) is 16.7. The van der Waals surface area contributed by atoms with Gasteiger partial charge in [0.15, 0.2) is 0 Å². The topological polar surface area (TPSA) is 114 Å². The quantitative estimate of drug-likeness (QED) is 0.464. The van der Waals surface area contributed by atoms with Gasteiger partial charge in [-0.2, -0.15) is 0 Å². The highest BCUT2D eigenvalue weighted by molar-refractivity contribution is 6.32. The van der Waals surface area contributed by atoms with E-state index in [1.54, 1.807) is 30.5 Å². The Morgan fingerprint density at radius 1 is 1.17 bits per heavy atom. The highest BCUT2D eigenvalue weighted by Gasteiger charge is 2.27. The molecule has 1 heterocycles. The molecule has 0 saturated carbocycles. The van der Waals surface area contributed by atoms with Gasteiger partial charge >= 0.3 is 17.6 Å². The van der Waals surface area contributed by atoms with Crippen molar-refractivity contribution < 1.29 is 19.8 Å². The Morgan fingerprint density at radius 3 is 2.40 bits per heavy atom. The normalized spacial score (nSPS) is 18.5. The van der Waals surface area contributed by atoms with Crippen LogP contribution in [0.4, 0.5) is 0 Å². The van der Waals surface area contributed by atoms with Gasteiger partial charge in [0.05, 0.1) is 18.5 Å². The van der Waals surface area contributed by atoms with E-state index in [1.807, 2.05) is 13.8 Å². The van der Waals surface area contributed by atoms with Crippen molar-refractivity contribution in [2.24, 2.45) is 5.92 Å². The zero-order valence-corrected chi connectivity index (χ0v) is 18.2. The number of hydrogen-bond acceptors (Lipinski definition) is 4. The number of halogens is 2. The van der Waals surface area contributed by atoms with Crippen molar-refractivity contribution in [2.45, 2.75) is 50.8 Å². The molecule has 1 aromatic heterocycles. The molecule has 8 nitrogen and oxygen atoms in total. The fourth-order valence-corrected chi connectivity index (χ4v) is 3.61. The molecule has 1 aliphatic rings. The van der Waals surface area contributed by atoms with Gasteiger partial charge in [-0.1, -0.05) is 37.6 Å². The predicted octanol–water partition coefficient (Wildman–Crippen LogP) is 2.42. The van der Waals surface area contributed by atoms with Gasteiger partial charge in [-0.05, 0) is 30.1 Å². The molecule has 0 amide bonds. The molecule has 0 aromatic carbocycles. The summed E-state index contributed by atoms with van der Waals surface area (Å²) < 4.78 is 2.65. The van der Waals surface area contributed by atoms with E-state index in [4.69, 9.17) is 23.2 Å². The summed E-state index contributed by atoms with van der Waals surface area (Å²) in [6.07, 6.45) is 10.2. The number of carboxylic acid groups (broad SMARTS) is 2. The van der Waals surface area contributed by atoms with Crippen molar-refractivity contribution in [3.63, 3.8) is 0 Å². The van der Waals surface area contributed by atoms with E-state index in [1.165, 1.54) is 15.3 Å². The van der Waals surface area contributed by atoms with E-state index in [9.17, 15) is 24.6 Å². The van der Waals surface area contributed by atoms with Crippen LogP contribution in [0.15, 0.2) is 52.1 Å². The molecule has 0 spiro atoms. The van der Waals surface area contributed by atoms with Crippen molar-refractivity contribution in [3.05, 3.63) is 57.8 Å². The first kappa shape index (κ1) is 24.0. The van der Waals surface area contributed by atoms with Crippen LogP contribution in [0.3, 0.4) is 0 Å². The highest BCUT2D eigenvalue weighted by atomic mass is 35.5. The van der Waals surface area contributed by atoms with Gasteiger partial charge in [-0.15, -0.1) is 11.6 Å². The lowest BCUT2D eigenvalue weighted by Crippen LogP contribution is -2.50. The van der Waals surface area contributed by atoms with Crippen molar-refractivity contribution >= 4 is 35.1 Å². The van der Waals surface area contributed by atoms with Gasteiger partial charge < -0.3 is 10.2 Å². The fourth-order valence-electron chi connectivity index (χ4n) is 3.06. The van der Waals surface area contributed by atoms with E-state index in [-0.39, 0.29) is 30.8 Å². The van der Waals surface area contributed by atoms with Crippen molar-refractivity contribution in [1.29, 1.82) is 0 Å². The van der Waals surface area contributed by atoms with Crippen LogP contribution in [0.2, 0.25) is 0 Å². The zero-order chi connectivity index (χ0) is 22.4. The molecule has 1 unspecified atom stereocenters. The first-order valence-electron chi connectivity index (χ1n) is 9.44. The summed E-state index contributed by atoms with van der Waals surface area (Å²) in [4.78, 5) is 35.8. The van der Waals surface area contributed by atoms with E-state index in [2.05, 4.69) is 5.32 Å². The van der Waals surface area contributed by atoms with Gasteiger partial charge in [0.2, 0.25) is 0 Å². The van der Waals surface area contributed by atoms with Crippen molar-refractivity contribution in [3.8, 4) is 0 Å². The number of aliphatic carboxylic acids is 2. The molecule has 0 radical (unpaired) electrons. The third-order valence-electron chi connectivity index (χ3n) is 4.49. The van der Waals surface area contributed by atoms with Gasteiger partial charge in [0.1, 0.15) is 12.1 Å². The van der Waals surface area contributed by atoms with Crippen LogP contribution in [0.1, 0.15) is 20.3 Å². The molecule has 0 bridgehead atoms. The molecule has 164 valence electrons. The maximum absolute atomic E-state index is 12.7. The average Bonchev–Trinajstić information content (AvgIpc) is 2.87. The van der Waals surface area contributed by atoms with Crippen LogP contribution in [0.25, 0.3) is 0 Å². The Morgan fingerprint density at radius 2 is 1.80 bits per heavy atom. The molecule has 0 aliphatic heterocycles. The lowest BCUT2D eigenvalue weighted by molar-refractivity contribution is -0.143. The number of alkyl halides is 1. The lowest BCUT2D eigenvalue weighted by atomic mass is 10.0. The Labute approximate surface area is 184 Å². The van der Waals surface area contributed by atoms with Crippen molar-refractivity contribution in [1.82, 2.24) is 14.5 Å². The summed E-state index contributed by atoms with van der Waals surface area (Å²) in [5, 5.41) is 21.6. The number of hydrogen-bond donors (Lipinski definition) is 3. The smallest absolute Gasteiger partial charge is 0.328 e. The minimum Gasteiger partial charge on any atom is -0.480 e. The lowest BCUT2D eigenvalue weighted by Gasteiger charge is -2.21. The molecule has 30 heavy (non-hydrogen) atoms. The van der Waals surface area contributed by atoms with Gasteiger partial charge in [0, 0.05) is 17.4 Å². The Balaban J connectivity index is 2.16. The summed E-state index contributed by atoms with van der Waals surface area (Å²) in [5.41, 5.74) is 0.342. The van der Waals surface area contributed by atoms with Crippen LogP contribution in [0, 0.1) is 5.92 Å². The summed E-state index contributed by atoms with van der Waals surface area (Å²) in [5.74, 6) is -2.30. The maximum atomic E-state index is 12.7. The number of carbonyl (C=O) groups is 2. The Bertz CT molecular complexity index is 929. The van der Waals surface area contributed by atoms with Crippen molar-refractivity contribution in [2.75, 3.05) is 0 Å². The number of nitrogens with one attached hydrogen (secondary N) is 1. The highest BCUT2D eigenvalue weighted by Crippen LogP contribution is 2.18. The molecule has 1 aromatic rings. The largest absolute Gasteiger partial charge is 0.480 e. The standard InChI is InChI=1S/C20H25Cl2N3O5/c1-12(2)7-16(18(26)27)23-17(19(28)29)11-25-6-5-24(20(25)30)10-13-3-4-14(21)9-15(22)8-13/h3-6,8-9,12,14,16-17,23H,7,10-11H2,1-2H3,(H,26,27)(H,28,29)/t14?,16-,17-/m0/s1. The number of imidazole rings is 1. The van der Waals surface area contributed by atoms with Crippen LogP contribution >= 0.6 is 23.2 Å². The summed E-state index contributed by atoms with van der Waals surface area (Å²) in [7, 11) is 0. The van der Waals surface area contributed by atoms with Crippen LogP contribution in [-0.4, -0.2) is 48.7 Å². The molecule has 0 saturated heterocycles. The molecular formula is C20H25Cl2N3O5. The summed E-state index contributed by atoms with van der Waals surface area (Å²) in [6.45, 7) is 3.72. The first-order valence-corrected chi connectivity index (χ1v) is 10.3.